The second kappa shape index (κ2) is 3.45. The fraction of sp³-hybridized carbons (Fsp3) is 0.222. The van der Waals surface area contributed by atoms with Gasteiger partial charge in [-0.3, -0.25) is 0 Å². The van der Waals surface area contributed by atoms with E-state index in [4.69, 9.17) is 5.73 Å². The quantitative estimate of drug-likeness (QED) is 0.741. The van der Waals surface area contributed by atoms with Crippen LogP contribution in [0.5, 0.6) is 0 Å². The standard InChI is InChI=1S/C9H11N5/c1-14-12-6-8(13-14)4-7-2-3-11-9(10)5-7/h2-3,5-6H,4H2,1H3,(H2,10,11). The predicted octanol–water partition coefficient (Wildman–Crippen LogP) is 0.383. The number of aryl methyl sites for hydroxylation is 1. The Balaban J connectivity index is 2.18. The first kappa shape index (κ1) is 8.68. The second-order valence-electron chi connectivity index (χ2n) is 3.09. The molecular formula is C9H11N5. The van der Waals surface area contributed by atoms with Gasteiger partial charge in [0, 0.05) is 19.7 Å². The molecule has 0 bridgehead atoms. The summed E-state index contributed by atoms with van der Waals surface area (Å²) in [5.41, 5.74) is 7.59. The Morgan fingerprint density at radius 2 is 2.36 bits per heavy atom. The van der Waals surface area contributed by atoms with Crippen LogP contribution in [0.15, 0.2) is 24.5 Å². The van der Waals surface area contributed by atoms with Crippen LogP contribution in [0.25, 0.3) is 0 Å². The van der Waals surface area contributed by atoms with E-state index in [-0.39, 0.29) is 0 Å². The summed E-state index contributed by atoms with van der Waals surface area (Å²) in [5.74, 6) is 0.534. The molecule has 0 fully saturated rings. The molecule has 5 heteroatoms. The first-order chi connectivity index (χ1) is 6.74. The van der Waals surface area contributed by atoms with Crippen molar-refractivity contribution in [1.29, 1.82) is 0 Å². The number of rotatable bonds is 2. The molecule has 0 aliphatic rings. The van der Waals surface area contributed by atoms with Gasteiger partial charge in [-0.05, 0) is 17.7 Å². The summed E-state index contributed by atoms with van der Waals surface area (Å²) in [6, 6.07) is 3.76. The largest absolute Gasteiger partial charge is 0.384 e. The number of aromatic nitrogens is 4. The molecule has 2 aromatic heterocycles. The number of pyridine rings is 1. The van der Waals surface area contributed by atoms with Crippen LogP contribution in [-0.2, 0) is 13.5 Å². The van der Waals surface area contributed by atoms with Crippen LogP contribution in [0.2, 0.25) is 0 Å². The molecule has 2 aromatic rings. The van der Waals surface area contributed by atoms with Crippen LogP contribution < -0.4 is 5.73 Å². The van der Waals surface area contributed by atoms with Crippen LogP contribution in [-0.4, -0.2) is 20.0 Å². The lowest BCUT2D eigenvalue weighted by Crippen LogP contribution is -1.96. The maximum Gasteiger partial charge on any atom is 0.123 e. The van der Waals surface area contributed by atoms with Crippen LogP contribution in [0.1, 0.15) is 11.3 Å². The Hall–Kier alpha value is -1.91. The first-order valence-electron chi connectivity index (χ1n) is 4.29. The Bertz CT molecular complexity index is 434. The van der Waals surface area contributed by atoms with Gasteiger partial charge in [-0.15, -0.1) is 0 Å². The third-order valence-corrected chi connectivity index (χ3v) is 1.88. The number of nitrogens with two attached hydrogens (primary N) is 1. The molecule has 72 valence electrons. The van der Waals surface area contributed by atoms with Crippen molar-refractivity contribution in [3.8, 4) is 0 Å². The van der Waals surface area contributed by atoms with Gasteiger partial charge in [-0.25, -0.2) is 4.98 Å². The van der Waals surface area contributed by atoms with Gasteiger partial charge in [-0.2, -0.15) is 15.0 Å². The SMILES string of the molecule is Cn1ncc(Cc2ccnc(N)c2)n1. The zero-order valence-corrected chi connectivity index (χ0v) is 7.88. The Morgan fingerprint density at radius 1 is 1.50 bits per heavy atom. The fourth-order valence-electron chi connectivity index (χ4n) is 1.28. The third-order valence-electron chi connectivity index (χ3n) is 1.88. The van der Waals surface area contributed by atoms with Gasteiger partial charge in [0.05, 0.1) is 11.9 Å². The van der Waals surface area contributed by atoms with E-state index in [1.165, 1.54) is 0 Å². The van der Waals surface area contributed by atoms with Gasteiger partial charge < -0.3 is 5.73 Å². The number of nitrogen functional groups attached to an aromatic ring is 1. The van der Waals surface area contributed by atoms with Gasteiger partial charge in [0.15, 0.2) is 0 Å². The highest BCUT2D eigenvalue weighted by Crippen LogP contribution is 2.07. The Morgan fingerprint density at radius 3 is 3.00 bits per heavy atom. The Kier molecular flexibility index (Phi) is 2.14. The smallest absolute Gasteiger partial charge is 0.123 e. The summed E-state index contributed by atoms with van der Waals surface area (Å²) in [4.78, 5) is 5.46. The molecule has 14 heavy (non-hydrogen) atoms. The van der Waals surface area contributed by atoms with E-state index in [9.17, 15) is 0 Å². The van der Waals surface area contributed by atoms with E-state index in [1.54, 1.807) is 24.2 Å². The average Bonchev–Trinajstić information content (AvgIpc) is 2.51. The minimum Gasteiger partial charge on any atom is -0.384 e. The maximum absolute atomic E-state index is 5.57. The minimum absolute atomic E-state index is 0.534. The zero-order chi connectivity index (χ0) is 9.97. The lowest BCUT2D eigenvalue weighted by atomic mass is 10.1. The van der Waals surface area contributed by atoms with Crippen molar-refractivity contribution < 1.29 is 0 Å². The van der Waals surface area contributed by atoms with Crippen molar-refractivity contribution in [3.63, 3.8) is 0 Å². The molecule has 0 aliphatic heterocycles. The average molecular weight is 189 g/mol. The van der Waals surface area contributed by atoms with E-state index in [1.807, 2.05) is 12.1 Å². The summed E-state index contributed by atoms with van der Waals surface area (Å²) in [6.45, 7) is 0. The van der Waals surface area contributed by atoms with Gasteiger partial charge in [0.1, 0.15) is 5.82 Å². The highest BCUT2D eigenvalue weighted by molar-refractivity contribution is 5.33. The minimum atomic E-state index is 0.534. The molecule has 0 aromatic carbocycles. The van der Waals surface area contributed by atoms with Crippen LogP contribution >= 0.6 is 0 Å². The van der Waals surface area contributed by atoms with Crippen molar-refractivity contribution >= 4 is 5.82 Å². The first-order valence-corrected chi connectivity index (χ1v) is 4.29. The summed E-state index contributed by atoms with van der Waals surface area (Å²) in [6.07, 6.45) is 4.18. The van der Waals surface area contributed by atoms with Gasteiger partial charge in [0.2, 0.25) is 0 Å². The third kappa shape index (κ3) is 1.87. The molecule has 0 amide bonds. The highest BCUT2D eigenvalue weighted by Gasteiger charge is 2.00. The zero-order valence-electron chi connectivity index (χ0n) is 7.88. The predicted molar refractivity (Wildman–Crippen MR) is 52.5 cm³/mol. The van der Waals surface area contributed by atoms with Crippen molar-refractivity contribution in [2.75, 3.05) is 5.73 Å². The van der Waals surface area contributed by atoms with Crippen molar-refractivity contribution in [3.05, 3.63) is 35.8 Å². The molecule has 2 rings (SSSR count). The van der Waals surface area contributed by atoms with Crippen LogP contribution in [0, 0.1) is 0 Å². The molecule has 2 heterocycles. The van der Waals surface area contributed by atoms with E-state index in [2.05, 4.69) is 15.2 Å². The summed E-state index contributed by atoms with van der Waals surface area (Å²) in [5, 5.41) is 8.17. The number of nitrogens with zero attached hydrogens (tertiary/aromatic N) is 4. The normalized spacial score (nSPS) is 10.4. The molecule has 0 radical (unpaired) electrons. The molecular weight excluding hydrogens is 178 g/mol. The maximum atomic E-state index is 5.57. The molecule has 5 nitrogen and oxygen atoms in total. The molecule has 2 N–H and O–H groups in total. The lowest BCUT2D eigenvalue weighted by Gasteiger charge is -1.97. The summed E-state index contributed by atoms with van der Waals surface area (Å²) >= 11 is 0. The highest BCUT2D eigenvalue weighted by atomic mass is 15.4. The van der Waals surface area contributed by atoms with E-state index in [0.717, 1.165) is 17.7 Å². The van der Waals surface area contributed by atoms with E-state index in [0.29, 0.717) is 5.82 Å². The van der Waals surface area contributed by atoms with Crippen molar-refractivity contribution in [2.45, 2.75) is 6.42 Å². The van der Waals surface area contributed by atoms with Gasteiger partial charge in [-0.1, -0.05) is 0 Å². The lowest BCUT2D eigenvalue weighted by molar-refractivity contribution is 0.647. The van der Waals surface area contributed by atoms with E-state index < -0.39 is 0 Å². The molecule has 0 saturated carbocycles. The summed E-state index contributed by atoms with van der Waals surface area (Å²) < 4.78 is 0. The number of anilines is 1. The monoisotopic (exact) mass is 189 g/mol. The fourth-order valence-corrected chi connectivity index (χ4v) is 1.28. The summed E-state index contributed by atoms with van der Waals surface area (Å²) in [7, 11) is 1.80. The van der Waals surface area contributed by atoms with Crippen LogP contribution in [0.3, 0.4) is 0 Å². The number of hydrogen-bond acceptors (Lipinski definition) is 4. The topological polar surface area (TPSA) is 69.6 Å². The Labute approximate surface area is 81.6 Å². The van der Waals surface area contributed by atoms with Gasteiger partial charge >= 0.3 is 0 Å². The second-order valence-corrected chi connectivity index (χ2v) is 3.09. The van der Waals surface area contributed by atoms with Crippen molar-refractivity contribution in [1.82, 2.24) is 20.0 Å². The van der Waals surface area contributed by atoms with Crippen LogP contribution in [0.4, 0.5) is 5.82 Å². The number of hydrogen-bond donors (Lipinski definition) is 1. The molecule has 0 unspecified atom stereocenters. The molecule has 0 saturated heterocycles. The molecule has 0 atom stereocenters. The molecule has 0 aliphatic carbocycles. The van der Waals surface area contributed by atoms with Crippen molar-refractivity contribution in [2.24, 2.45) is 7.05 Å². The molecule has 0 spiro atoms. The van der Waals surface area contributed by atoms with E-state index >= 15 is 0 Å². The van der Waals surface area contributed by atoms with Gasteiger partial charge in [0.25, 0.3) is 0 Å².